The fraction of sp³-hybridized carbons (Fsp3) is 0.500. The number of carbonyl (C=O) groups is 1. The molecular formula is C20H29N3O4S. The lowest BCUT2D eigenvalue weighted by molar-refractivity contribution is -0.155. The molecule has 0 atom stereocenters. The summed E-state index contributed by atoms with van der Waals surface area (Å²) in [6.07, 6.45) is 1.64. The van der Waals surface area contributed by atoms with Crippen LogP contribution in [-0.2, 0) is 19.6 Å². The van der Waals surface area contributed by atoms with E-state index < -0.39 is 21.6 Å². The Morgan fingerprint density at radius 1 is 1.18 bits per heavy atom. The number of benzene rings is 1. The third-order valence-corrected chi connectivity index (χ3v) is 5.83. The number of carbonyl (C=O) groups excluding carboxylic acids is 1. The van der Waals surface area contributed by atoms with Gasteiger partial charge in [0.05, 0.1) is 5.52 Å². The van der Waals surface area contributed by atoms with Gasteiger partial charge < -0.3 is 9.64 Å². The predicted octanol–water partition coefficient (Wildman–Crippen LogP) is 2.44. The number of aryl methyl sites for hydroxylation is 1. The zero-order valence-corrected chi connectivity index (χ0v) is 18.2. The molecule has 2 rings (SSSR count). The van der Waals surface area contributed by atoms with E-state index in [-0.39, 0.29) is 18.0 Å². The van der Waals surface area contributed by atoms with Crippen LogP contribution in [0.25, 0.3) is 10.9 Å². The average Bonchev–Trinajstić information content (AvgIpc) is 2.55. The minimum absolute atomic E-state index is 0.0901. The molecule has 0 spiro atoms. The maximum absolute atomic E-state index is 13.4. The lowest BCUT2D eigenvalue weighted by Crippen LogP contribution is -2.42. The SMILES string of the molecule is Cc1cnc2c(S(=O)(=O)N(CCN(C)C)CC(=O)OC(C)(C)C)cccc2c1. The number of hydrogen-bond acceptors (Lipinski definition) is 6. The van der Waals surface area contributed by atoms with Crippen LogP contribution in [0.2, 0.25) is 0 Å². The van der Waals surface area contributed by atoms with Crippen LogP contribution in [0.15, 0.2) is 35.4 Å². The van der Waals surface area contributed by atoms with Crippen LogP contribution in [0, 0.1) is 6.92 Å². The van der Waals surface area contributed by atoms with Gasteiger partial charge in [0.15, 0.2) is 0 Å². The molecule has 0 aliphatic heterocycles. The molecule has 7 nitrogen and oxygen atoms in total. The Morgan fingerprint density at radius 2 is 1.86 bits per heavy atom. The first-order chi connectivity index (χ1) is 12.9. The minimum Gasteiger partial charge on any atom is -0.459 e. The van der Waals surface area contributed by atoms with E-state index in [1.165, 1.54) is 6.07 Å². The minimum atomic E-state index is -3.94. The first-order valence-electron chi connectivity index (χ1n) is 9.12. The molecule has 1 aromatic carbocycles. The topological polar surface area (TPSA) is 79.8 Å². The summed E-state index contributed by atoms with van der Waals surface area (Å²) in [4.78, 5) is 18.6. The summed E-state index contributed by atoms with van der Waals surface area (Å²) in [7, 11) is -0.248. The molecule has 28 heavy (non-hydrogen) atoms. The number of aromatic nitrogens is 1. The van der Waals surface area contributed by atoms with E-state index >= 15 is 0 Å². The highest BCUT2D eigenvalue weighted by atomic mass is 32.2. The van der Waals surface area contributed by atoms with E-state index in [9.17, 15) is 13.2 Å². The van der Waals surface area contributed by atoms with Crippen molar-refractivity contribution in [2.24, 2.45) is 0 Å². The predicted molar refractivity (Wildman–Crippen MR) is 110 cm³/mol. The number of pyridine rings is 1. The van der Waals surface area contributed by atoms with Crippen LogP contribution < -0.4 is 0 Å². The van der Waals surface area contributed by atoms with E-state index in [1.54, 1.807) is 33.0 Å². The van der Waals surface area contributed by atoms with Gasteiger partial charge in [-0.15, -0.1) is 0 Å². The van der Waals surface area contributed by atoms with Crippen LogP contribution in [-0.4, -0.2) is 67.9 Å². The third kappa shape index (κ3) is 5.73. The van der Waals surface area contributed by atoms with E-state index in [0.29, 0.717) is 12.1 Å². The molecule has 0 amide bonds. The van der Waals surface area contributed by atoms with E-state index in [4.69, 9.17) is 4.74 Å². The Labute approximate surface area is 167 Å². The second-order valence-electron chi connectivity index (χ2n) is 8.07. The molecule has 2 aromatic rings. The first kappa shape index (κ1) is 22.3. The molecule has 0 aliphatic rings. The molecule has 0 N–H and O–H groups in total. The lowest BCUT2D eigenvalue weighted by Gasteiger charge is -2.26. The van der Waals surface area contributed by atoms with Crippen molar-refractivity contribution in [3.05, 3.63) is 36.0 Å². The van der Waals surface area contributed by atoms with Crippen molar-refractivity contribution < 1.29 is 17.9 Å². The van der Waals surface area contributed by atoms with E-state index in [1.807, 2.05) is 38.1 Å². The summed E-state index contributed by atoms with van der Waals surface area (Å²) in [6.45, 7) is 7.44. The molecule has 0 aliphatic carbocycles. The van der Waals surface area contributed by atoms with E-state index in [0.717, 1.165) is 15.3 Å². The summed E-state index contributed by atoms with van der Waals surface area (Å²) in [5.74, 6) is -0.584. The van der Waals surface area contributed by atoms with Crippen LogP contribution >= 0.6 is 0 Å². The summed E-state index contributed by atoms with van der Waals surface area (Å²) in [5, 5.41) is 0.742. The molecule has 0 saturated carbocycles. The van der Waals surface area contributed by atoms with Crippen LogP contribution in [0.1, 0.15) is 26.3 Å². The molecule has 154 valence electrons. The number of para-hydroxylation sites is 1. The molecule has 0 unspecified atom stereocenters. The van der Waals surface area contributed by atoms with Crippen LogP contribution in [0.4, 0.5) is 0 Å². The standard InChI is InChI=1S/C20H29N3O4S/c1-15-12-16-8-7-9-17(19(16)21-13-15)28(25,26)23(11-10-22(5)6)14-18(24)27-20(2,3)4/h7-9,12-13H,10-11,14H2,1-6H3. The second kappa shape index (κ2) is 8.55. The Bertz CT molecular complexity index is 950. The highest BCUT2D eigenvalue weighted by molar-refractivity contribution is 7.89. The molecule has 0 saturated heterocycles. The highest BCUT2D eigenvalue weighted by Gasteiger charge is 2.30. The molecule has 1 aromatic heterocycles. The Hall–Kier alpha value is -2.03. The maximum atomic E-state index is 13.4. The molecule has 0 fully saturated rings. The summed E-state index contributed by atoms with van der Waals surface area (Å²) < 4.78 is 33.3. The number of fused-ring (bicyclic) bond motifs is 1. The van der Waals surface area contributed by atoms with Crippen molar-refractivity contribution in [1.29, 1.82) is 0 Å². The van der Waals surface area contributed by atoms with Gasteiger partial charge in [-0.2, -0.15) is 4.31 Å². The maximum Gasteiger partial charge on any atom is 0.321 e. The molecule has 1 heterocycles. The second-order valence-corrected chi connectivity index (χ2v) is 9.98. The van der Waals surface area contributed by atoms with Gasteiger partial charge >= 0.3 is 5.97 Å². The number of nitrogens with zero attached hydrogens (tertiary/aromatic N) is 3. The zero-order valence-electron chi connectivity index (χ0n) is 17.4. The van der Waals surface area contributed by atoms with Gasteiger partial charge in [0.1, 0.15) is 17.0 Å². The fourth-order valence-corrected chi connectivity index (χ4v) is 4.24. The Morgan fingerprint density at radius 3 is 2.46 bits per heavy atom. The van der Waals surface area contributed by atoms with Gasteiger partial charge in [-0.05, 0) is 59.5 Å². The summed E-state index contributed by atoms with van der Waals surface area (Å²) >= 11 is 0. The van der Waals surface area contributed by atoms with Crippen molar-refractivity contribution in [2.45, 2.75) is 38.2 Å². The van der Waals surface area contributed by atoms with Gasteiger partial charge in [-0.3, -0.25) is 9.78 Å². The number of esters is 1. The van der Waals surface area contributed by atoms with Gasteiger partial charge in [0, 0.05) is 24.7 Å². The van der Waals surface area contributed by atoms with Crippen molar-refractivity contribution in [2.75, 3.05) is 33.7 Å². The molecular weight excluding hydrogens is 378 g/mol. The van der Waals surface area contributed by atoms with Crippen molar-refractivity contribution in [1.82, 2.24) is 14.2 Å². The largest absolute Gasteiger partial charge is 0.459 e. The normalized spacial score (nSPS) is 12.7. The number of rotatable bonds is 7. The third-order valence-electron chi connectivity index (χ3n) is 3.95. The highest BCUT2D eigenvalue weighted by Crippen LogP contribution is 2.25. The quantitative estimate of drug-likeness (QED) is 0.656. The smallest absolute Gasteiger partial charge is 0.321 e. The van der Waals surface area contributed by atoms with Crippen LogP contribution in [0.5, 0.6) is 0 Å². The molecule has 0 radical (unpaired) electrons. The first-order valence-corrected chi connectivity index (χ1v) is 10.6. The van der Waals surface area contributed by atoms with Gasteiger partial charge in [-0.1, -0.05) is 12.1 Å². The Balaban J connectivity index is 2.44. The molecule has 8 heteroatoms. The molecule has 0 bridgehead atoms. The number of sulfonamides is 1. The van der Waals surface area contributed by atoms with Crippen LogP contribution in [0.3, 0.4) is 0 Å². The monoisotopic (exact) mass is 407 g/mol. The number of likely N-dealkylation sites (N-methyl/N-ethyl adjacent to an activating group) is 1. The van der Waals surface area contributed by atoms with Gasteiger partial charge in [-0.25, -0.2) is 8.42 Å². The fourth-order valence-electron chi connectivity index (χ4n) is 2.70. The summed E-state index contributed by atoms with van der Waals surface area (Å²) in [5.41, 5.74) is 0.652. The van der Waals surface area contributed by atoms with Gasteiger partial charge in [0.2, 0.25) is 10.0 Å². The zero-order chi connectivity index (χ0) is 21.1. The number of ether oxygens (including phenoxy) is 1. The van der Waals surface area contributed by atoms with Crippen molar-refractivity contribution in [3.8, 4) is 0 Å². The van der Waals surface area contributed by atoms with E-state index in [2.05, 4.69) is 4.98 Å². The lowest BCUT2D eigenvalue weighted by atomic mass is 10.2. The Kier molecular flexibility index (Phi) is 6.80. The van der Waals surface area contributed by atoms with Crippen molar-refractivity contribution >= 4 is 26.9 Å². The van der Waals surface area contributed by atoms with Gasteiger partial charge in [0.25, 0.3) is 0 Å². The van der Waals surface area contributed by atoms with Crippen molar-refractivity contribution in [3.63, 3.8) is 0 Å². The number of hydrogen-bond donors (Lipinski definition) is 0. The average molecular weight is 408 g/mol. The summed E-state index contributed by atoms with van der Waals surface area (Å²) in [6, 6.07) is 6.93.